The summed E-state index contributed by atoms with van der Waals surface area (Å²) in [6.45, 7) is 9.81. The summed E-state index contributed by atoms with van der Waals surface area (Å²) < 4.78 is 41.6. The quantitative estimate of drug-likeness (QED) is 0.409. The highest BCUT2D eigenvalue weighted by Crippen LogP contribution is 2.56. The molecule has 162 valence electrons. The Bertz CT molecular complexity index is 1100. The number of nitrogens with one attached hydrogen (secondary N) is 2. The van der Waals surface area contributed by atoms with E-state index in [9.17, 15) is 13.2 Å². The minimum atomic E-state index is -2.61. The van der Waals surface area contributed by atoms with E-state index < -0.39 is 6.43 Å². The highest BCUT2D eigenvalue weighted by atomic mass is 19.3. The van der Waals surface area contributed by atoms with Crippen molar-refractivity contribution in [3.63, 3.8) is 0 Å². The lowest BCUT2D eigenvalue weighted by Gasteiger charge is -2.20. The fraction of sp³-hybridized carbons (Fsp3) is 0.308. The van der Waals surface area contributed by atoms with Gasteiger partial charge in [-0.05, 0) is 56.4 Å². The van der Waals surface area contributed by atoms with Gasteiger partial charge in [0.2, 0.25) is 0 Å². The number of halogens is 3. The summed E-state index contributed by atoms with van der Waals surface area (Å²) in [4.78, 5) is 3.20. The summed E-state index contributed by atoms with van der Waals surface area (Å²) in [5.41, 5.74) is 5.27. The van der Waals surface area contributed by atoms with Crippen molar-refractivity contribution in [2.45, 2.75) is 51.5 Å². The van der Waals surface area contributed by atoms with Gasteiger partial charge in [-0.1, -0.05) is 48.5 Å². The van der Waals surface area contributed by atoms with Gasteiger partial charge in [0.15, 0.2) is 0 Å². The fourth-order valence-corrected chi connectivity index (χ4v) is 4.43. The first-order valence-electron chi connectivity index (χ1n) is 10.5. The highest BCUT2D eigenvalue weighted by molar-refractivity contribution is 5.70. The maximum absolute atomic E-state index is 14.0. The molecule has 1 aromatic heterocycles. The van der Waals surface area contributed by atoms with E-state index >= 15 is 0 Å². The zero-order valence-electron chi connectivity index (χ0n) is 18.0. The Morgan fingerprint density at radius 2 is 1.81 bits per heavy atom. The number of aromatic amines is 1. The normalized spacial score (nSPS) is 18.8. The van der Waals surface area contributed by atoms with E-state index in [1.807, 2.05) is 44.2 Å². The molecule has 2 nitrogen and oxygen atoms in total. The van der Waals surface area contributed by atoms with Crippen LogP contribution >= 0.6 is 0 Å². The molecule has 3 aromatic rings. The molecule has 1 heterocycles. The number of aromatic nitrogens is 1. The molecule has 2 aromatic carbocycles. The van der Waals surface area contributed by atoms with Gasteiger partial charge in [0.05, 0.1) is 0 Å². The molecule has 0 aliphatic heterocycles. The Balaban J connectivity index is 1.63. The third-order valence-corrected chi connectivity index (χ3v) is 6.19. The van der Waals surface area contributed by atoms with E-state index in [2.05, 4.69) is 16.9 Å². The lowest BCUT2D eigenvalue weighted by Crippen LogP contribution is -2.18. The Kier molecular flexibility index (Phi) is 5.69. The largest absolute Gasteiger partial charge is 0.378 e. The zero-order valence-corrected chi connectivity index (χ0v) is 18.0. The van der Waals surface area contributed by atoms with E-state index in [-0.39, 0.29) is 29.3 Å². The summed E-state index contributed by atoms with van der Waals surface area (Å²) in [5.74, 6) is -0.131. The van der Waals surface area contributed by atoms with Crippen LogP contribution in [0.5, 0.6) is 0 Å². The lowest BCUT2D eigenvalue weighted by atomic mass is 10.00. The summed E-state index contributed by atoms with van der Waals surface area (Å²) in [6.07, 6.45) is -1.82. The molecule has 1 aliphatic rings. The molecule has 1 saturated carbocycles. The summed E-state index contributed by atoms with van der Waals surface area (Å²) in [7, 11) is 0. The van der Waals surface area contributed by atoms with E-state index in [0.29, 0.717) is 17.0 Å². The highest BCUT2D eigenvalue weighted by Gasteiger charge is 2.43. The molecule has 0 bridgehead atoms. The van der Waals surface area contributed by atoms with Crippen LogP contribution in [-0.4, -0.2) is 4.98 Å². The van der Waals surface area contributed by atoms with Gasteiger partial charge >= 0.3 is 0 Å². The van der Waals surface area contributed by atoms with Gasteiger partial charge in [0, 0.05) is 40.2 Å². The third kappa shape index (κ3) is 4.27. The zero-order chi connectivity index (χ0) is 22.3. The predicted molar refractivity (Wildman–Crippen MR) is 119 cm³/mol. The van der Waals surface area contributed by atoms with Crippen molar-refractivity contribution in [3.05, 3.63) is 100 Å². The number of hydrogen-bond acceptors (Lipinski definition) is 1. The molecule has 31 heavy (non-hydrogen) atoms. The van der Waals surface area contributed by atoms with Crippen LogP contribution in [0.1, 0.15) is 76.9 Å². The predicted octanol–water partition coefficient (Wildman–Crippen LogP) is 7.30. The SMILES string of the molecule is C=C(NC(C)c1ccc(C)cc1)c1c(C2CC2c2cccc(F)c2)[nH]c(C)c1C(F)F. The van der Waals surface area contributed by atoms with Crippen LogP contribution in [0.2, 0.25) is 0 Å². The van der Waals surface area contributed by atoms with Gasteiger partial charge in [-0.2, -0.15) is 0 Å². The van der Waals surface area contributed by atoms with Gasteiger partial charge in [0.1, 0.15) is 5.82 Å². The molecular formula is C26H27F3N2. The first kappa shape index (κ1) is 21.3. The molecule has 2 N–H and O–H groups in total. The van der Waals surface area contributed by atoms with Crippen LogP contribution in [0.25, 0.3) is 5.70 Å². The second kappa shape index (κ2) is 8.29. The van der Waals surface area contributed by atoms with Crippen molar-refractivity contribution in [2.24, 2.45) is 0 Å². The van der Waals surface area contributed by atoms with Crippen molar-refractivity contribution in [1.29, 1.82) is 0 Å². The first-order valence-corrected chi connectivity index (χ1v) is 10.5. The van der Waals surface area contributed by atoms with Crippen LogP contribution < -0.4 is 5.32 Å². The van der Waals surface area contributed by atoms with E-state index in [1.165, 1.54) is 12.1 Å². The average Bonchev–Trinajstić information content (AvgIpc) is 3.43. The Morgan fingerprint density at radius 3 is 2.45 bits per heavy atom. The lowest BCUT2D eigenvalue weighted by molar-refractivity contribution is 0.150. The van der Waals surface area contributed by atoms with Crippen LogP contribution in [0.4, 0.5) is 13.2 Å². The van der Waals surface area contributed by atoms with Gasteiger partial charge < -0.3 is 10.3 Å². The van der Waals surface area contributed by atoms with Crippen LogP contribution in [0, 0.1) is 19.7 Å². The van der Waals surface area contributed by atoms with Gasteiger partial charge in [-0.15, -0.1) is 0 Å². The van der Waals surface area contributed by atoms with E-state index in [4.69, 9.17) is 0 Å². The van der Waals surface area contributed by atoms with E-state index in [0.717, 1.165) is 28.8 Å². The Hall–Kier alpha value is -2.95. The maximum atomic E-state index is 14.0. The topological polar surface area (TPSA) is 27.8 Å². The fourth-order valence-electron chi connectivity index (χ4n) is 4.43. The molecule has 3 unspecified atom stereocenters. The maximum Gasteiger partial charge on any atom is 0.266 e. The number of H-pyrrole nitrogens is 1. The number of alkyl halides is 2. The third-order valence-electron chi connectivity index (χ3n) is 6.19. The second-order valence-corrected chi connectivity index (χ2v) is 8.51. The van der Waals surface area contributed by atoms with Crippen molar-refractivity contribution in [3.8, 4) is 0 Å². The monoisotopic (exact) mass is 424 g/mol. The van der Waals surface area contributed by atoms with Crippen LogP contribution in [0.3, 0.4) is 0 Å². The standard InChI is InChI=1S/C26H27F3N2/c1-14-8-10-18(11-9-14)15(2)30-16(3)23-24(26(28)29)17(4)31-25(23)22-13-21(22)19-6-5-7-20(27)12-19/h5-12,15,21-22,26,30-31H,3,13H2,1-2,4H3. The molecule has 0 saturated heterocycles. The number of hydrogen-bond donors (Lipinski definition) is 2. The van der Waals surface area contributed by atoms with Crippen molar-refractivity contribution < 1.29 is 13.2 Å². The number of aryl methyl sites for hydroxylation is 2. The van der Waals surface area contributed by atoms with Gasteiger partial charge in [0.25, 0.3) is 6.43 Å². The van der Waals surface area contributed by atoms with Crippen molar-refractivity contribution >= 4 is 5.70 Å². The van der Waals surface area contributed by atoms with E-state index in [1.54, 1.807) is 13.0 Å². The summed E-state index contributed by atoms with van der Waals surface area (Å²) >= 11 is 0. The van der Waals surface area contributed by atoms with Crippen molar-refractivity contribution in [1.82, 2.24) is 10.3 Å². The van der Waals surface area contributed by atoms with Crippen molar-refractivity contribution in [2.75, 3.05) is 0 Å². The van der Waals surface area contributed by atoms with Gasteiger partial charge in [-0.3, -0.25) is 0 Å². The molecule has 1 aliphatic carbocycles. The second-order valence-electron chi connectivity index (χ2n) is 8.51. The molecular weight excluding hydrogens is 397 g/mol. The minimum absolute atomic E-state index is 0.00602. The minimum Gasteiger partial charge on any atom is -0.378 e. The molecule has 4 rings (SSSR count). The van der Waals surface area contributed by atoms with Gasteiger partial charge in [-0.25, -0.2) is 13.2 Å². The molecule has 0 radical (unpaired) electrons. The average molecular weight is 425 g/mol. The molecule has 0 amide bonds. The smallest absolute Gasteiger partial charge is 0.266 e. The molecule has 0 spiro atoms. The van der Waals surface area contributed by atoms with Crippen LogP contribution in [0.15, 0.2) is 55.1 Å². The number of benzene rings is 2. The Labute approximate surface area is 181 Å². The molecule has 3 atom stereocenters. The molecule has 5 heteroatoms. The number of rotatable bonds is 7. The summed E-state index contributed by atoms with van der Waals surface area (Å²) in [6, 6.07) is 14.6. The summed E-state index contributed by atoms with van der Waals surface area (Å²) in [5, 5.41) is 3.32. The Morgan fingerprint density at radius 1 is 1.10 bits per heavy atom. The van der Waals surface area contributed by atoms with Crippen LogP contribution in [-0.2, 0) is 0 Å². The first-order chi connectivity index (χ1) is 14.8. The molecule has 1 fully saturated rings.